The number of hydrogen-bond acceptors (Lipinski definition) is 6. The van der Waals surface area contributed by atoms with E-state index in [0.29, 0.717) is 5.82 Å². The van der Waals surface area contributed by atoms with Crippen molar-refractivity contribution in [3.63, 3.8) is 0 Å². The fourth-order valence-electron chi connectivity index (χ4n) is 1.63. The minimum Gasteiger partial charge on any atom is -0.382 e. The van der Waals surface area contributed by atoms with Crippen molar-refractivity contribution in [2.45, 2.75) is 11.3 Å². The van der Waals surface area contributed by atoms with E-state index in [1.807, 2.05) is 11.8 Å². The molecule has 6 heteroatoms. The minimum atomic E-state index is 0.694. The normalized spacial score (nSPS) is 17.8. The fraction of sp³-hybridized carbons (Fsp3) is 0.667. The third-order valence-electron chi connectivity index (χ3n) is 2.37. The van der Waals surface area contributed by atoms with Gasteiger partial charge in [-0.25, -0.2) is 0 Å². The van der Waals surface area contributed by atoms with Crippen molar-refractivity contribution >= 4 is 45.9 Å². The lowest BCUT2D eigenvalue weighted by Gasteiger charge is -2.20. The van der Waals surface area contributed by atoms with Gasteiger partial charge in [-0.15, -0.1) is 11.8 Å². The molecular weight excluding hydrogens is 246 g/mol. The van der Waals surface area contributed by atoms with Gasteiger partial charge in [-0.1, -0.05) is 0 Å². The van der Waals surface area contributed by atoms with Crippen molar-refractivity contribution in [3.8, 4) is 0 Å². The standard InChI is InChI=1S/C9H15N3S3/c1-13-7-8(10)11-15-9(7)12-3-2-5-14-6-4-12/h2-6H2,1H3,(H2,10,11). The van der Waals surface area contributed by atoms with Crippen LogP contribution in [0.2, 0.25) is 0 Å². The molecule has 0 atom stereocenters. The molecule has 0 amide bonds. The van der Waals surface area contributed by atoms with Crippen molar-refractivity contribution in [2.24, 2.45) is 0 Å². The van der Waals surface area contributed by atoms with Gasteiger partial charge in [0.05, 0.1) is 4.90 Å². The van der Waals surface area contributed by atoms with Gasteiger partial charge < -0.3 is 10.6 Å². The van der Waals surface area contributed by atoms with Crippen LogP contribution in [-0.4, -0.2) is 35.2 Å². The SMILES string of the molecule is CSc1c(N)nsc1N1CCCSCC1. The fourth-order valence-corrected chi connectivity index (χ4v) is 4.25. The van der Waals surface area contributed by atoms with Crippen molar-refractivity contribution in [3.05, 3.63) is 0 Å². The predicted octanol–water partition coefficient (Wildman–Crippen LogP) is 2.39. The Hall–Kier alpha value is -0.0700. The predicted molar refractivity (Wildman–Crippen MR) is 72.5 cm³/mol. The molecular formula is C9H15N3S3. The molecule has 1 aliphatic heterocycles. The van der Waals surface area contributed by atoms with Crippen molar-refractivity contribution in [1.82, 2.24) is 4.37 Å². The molecule has 0 aliphatic carbocycles. The first-order valence-corrected chi connectivity index (χ1v) is 8.10. The molecule has 15 heavy (non-hydrogen) atoms. The van der Waals surface area contributed by atoms with Gasteiger partial charge in [0.15, 0.2) is 5.82 Å². The summed E-state index contributed by atoms with van der Waals surface area (Å²) in [6, 6.07) is 0. The maximum Gasteiger partial charge on any atom is 0.153 e. The molecule has 0 unspecified atom stereocenters. The monoisotopic (exact) mass is 261 g/mol. The summed E-state index contributed by atoms with van der Waals surface area (Å²) in [5, 5.41) is 1.27. The number of rotatable bonds is 2. The molecule has 2 heterocycles. The van der Waals surface area contributed by atoms with Crippen LogP contribution in [0.5, 0.6) is 0 Å². The molecule has 1 aromatic heterocycles. The molecule has 1 aromatic rings. The van der Waals surface area contributed by atoms with Crippen LogP contribution >= 0.6 is 35.1 Å². The number of thioether (sulfide) groups is 2. The number of nitrogens with zero attached hydrogens (tertiary/aromatic N) is 2. The lowest BCUT2D eigenvalue weighted by atomic mass is 10.4. The van der Waals surface area contributed by atoms with Crippen LogP contribution in [0.15, 0.2) is 4.90 Å². The van der Waals surface area contributed by atoms with Crippen LogP contribution < -0.4 is 10.6 Å². The first-order valence-electron chi connectivity index (χ1n) is 4.94. The van der Waals surface area contributed by atoms with Gasteiger partial charge in [0.2, 0.25) is 0 Å². The summed E-state index contributed by atoms with van der Waals surface area (Å²) >= 11 is 5.28. The third-order valence-corrected chi connectivity index (χ3v) is 5.28. The zero-order valence-electron chi connectivity index (χ0n) is 8.73. The zero-order valence-corrected chi connectivity index (χ0v) is 11.2. The van der Waals surface area contributed by atoms with E-state index in [-0.39, 0.29) is 0 Å². The Balaban J connectivity index is 2.19. The summed E-state index contributed by atoms with van der Waals surface area (Å²) in [4.78, 5) is 3.59. The van der Waals surface area contributed by atoms with Crippen LogP contribution in [0, 0.1) is 0 Å². The van der Waals surface area contributed by atoms with E-state index in [1.54, 1.807) is 11.8 Å². The Bertz CT molecular complexity index is 318. The molecule has 0 bridgehead atoms. The van der Waals surface area contributed by atoms with Gasteiger partial charge in [0.25, 0.3) is 0 Å². The smallest absolute Gasteiger partial charge is 0.153 e. The maximum atomic E-state index is 5.84. The van der Waals surface area contributed by atoms with Gasteiger partial charge in [-0.2, -0.15) is 16.1 Å². The minimum absolute atomic E-state index is 0.694. The molecule has 1 aliphatic rings. The number of hydrogen-bond donors (Lipinski definition) is 1. The summed E-state index contributed by atoms with van der Waals surface area (Å²) in [6.07, 6.45) is 3.33. The van der Waals surface area contributed by atoms with Gasteiger partial charge in [0.1, 0.15) is 5.00 Å². The molecule has 0 radical (unpaired) electrons. The van der Waals surface area contributed by atoms with E-state index in [9.17, 15) is 0 Å². The van der Waals surface area contributed by atoms with E-state index < -0.39 is 0 Å². The topological polar surface area (TPSA) is 42.1 Å². The second-order valence-electron chi connectivity index (χ2n) is 3.36. The van der Waals surface area contributed by atoms with E-state index in [4.69, 9.17) is 5.73 Å². The lowest BCUT2D eigenvalue weighted by Crippen LogP contribution is -2.24. The third kappa shape index (κ3) is 2.54. The average molecular weight is 261 g/mol. The Morgan fingerprint density at radius 3 is 3.07 bits per heavy atom. The average Bonchev–Trinajstić information content (AvgIpc) is 2.48. The summed E-state index contributed by atoms with van der Waals surface area (Å²) in [7, 11) is 0. The quantitative estimate of drug-likeness (QED) is 0.828. The Morgan fingerprint density at radius 1 is 1.40 bits per heavy atom. The van der Waals surface area contributed by atoms with E-state index in [1.165, 1.54) is 34.5 Å². The zero-order chi connectivity index (χ0) is 10.7. The van der Waals surface area contributed by atoms with E-state index in [2.05, 4.69) is 15.5 Å². The van der Waals surface area contributed by atoms with Gasteiger partial charge in [0, 0.05) is 18.8 Å². The number of aromatic nitrogens is 1. The summed E-state index contributed by atoms with van der Waals surface area (Å²) in [6.45, 7) is 2.27. The second kappa shape index (κ2) is 5.32. The number of anilines is 2. The molecule has 2 N–H and O–H groups in total. The Kier molecular flexibility index (Phi) is 4.05. The first-order chi connectivity index (χ1) is 7.33. The van der Waals surface area contributed by atoms with Crippen molar-refractivity contribution in [2.75, 3.05) is 41.5 Å². The Morgan fingerprint density at radius 2 is 2.27 bits per heavy atom. The van der Waals surface area contributed by atoms with Crippen molar-refractivity contribution in [1.29, 1.82) is 0 Å². The molecule has 1 fully saturated rings. The van der Waals surface area contributed by atoms with Crippen LogP contribution in [0.3, 0.4) is 0 Å². The van der Waals surface area contributed by atoms with Gasteiger partial charge in [-0.05, 0) is 30.0 Å². The molecule has 1 saturated heterocycles. The van der Waals surface area contributed by atoms with Crippen LogP contribution in [0.1, 0.15) is 6.42 Å². The highest BCUT2D eigenvalue weighted by Gasteiger charge is 2.18. The molecule has 3 nitrogen and oxygen atoms in total. The second-order valence-corrected chi connectivity index (χ2v) is 6.15. The van der Waals surface area contributed by atoms with Crippen LogP contribution in [0.4, 0.5) is 10.8 Å². The summed E-state index contributed by atoms with van der Waals surface area (Å²) < 4.78 is 4.24. The number of nitrogen functional groups attached to an aromatic ring is 1. The van der Waals surface area contributed by atoms with Crippen LogP contribution in [0.25, 0.3) is 0 Å². The molecule has 84 valence electrons. The Labute approximate surface area is 103 Å². The van der Waals surface area contributed by atoms with E-state index >= 15 is 0 Å². The lowest BCUT2D eigenvalue weighted by molar-refractivity contribution is 0.818. The first kappa shape index (κ1) is 11.4. The highest BCUT2D eigenvalue weighted by molar-refractivity contribution is 7.99. The molecule has 0 aromatic carbocycles. The van der Waals surface area contributed by atoms with Gasteiger partial charge >= 0.3 is 0 Å². The van der Waals surface area contributed by atoms with Gasteiger partial charge in [-0.3, -0.25) is 0 Å². The largest absolute Gasteiger partial charge is 0.382 e. The number of nitrogens with two attached hydrogens (primary N) is 1. The molecule has 2 rings (SSSR count). The summed E-state index contributed by atoms with van der Waals surface area (Å²) in [5.41, 5.74) is 5.84. The molecule has 0 spiro atoms. The summed E-state index contributed by atoms with van der Waals surface area (Å²) in [5.74, 6) is 3.18. The maximum absolute atomic E-state index is 5.84. The highest BCUT2D eigenvalue weighted by Crippen LogP contribution is 2.38. The molecule has 0 saturated carbocycles. The van der Waals surface area contributed by atoms with E-state index in [0.717, 1.165) is 18.0 Å². The van der Waals surface area contributed by atoms with Crippen molar-refractivity contribution < 1.29 is 0 Å². The highest BCUT2D eigenvalue weighted by atomic mass is 32.2. The van der Waals surface area contributed by atoms with Crippen LogP contribution in [-0.2, 0) is 0 Å².